The number of nitrogens with zero attached hydrogens (tertiary/aromatic N) is 2. The van der Waals surface area contributed by atoms with Crippen molar-refractivity contribution in [1.29, 1.82) is 0 Å². The van der Waals surface area contributed by atoms with Crippen molar-refractivity contribution in [2.45, 2.75) is 6.42 Å². The third kappa shape index (κ3) is 6.71. The lowest BCUT2D eigenvalue weighted by Crippen LogP contribution is -2.52. The fourth-order valence-electron chi connectivity index (χ4n) is 1.88. The molecule has 2 N–H and O–H groups in total. The van der Waals surface area contributed by atoms with Gasteiger partial charge in [-0.1, -0.05) is 0 Å². The van der Waals surface area contributed by atoms with Crippen LogP contribution in [0.4, 0.5) is 4.79 Å². The van der Waals surface area contributed by atoms with Crippen molar-refractivity contribution in [1.82, 2.24) is 15.1 Å². The number of piperazine rings is 1. The summed E-state index contributed by atoms with van der Waals surface area (Å²) in [6.45, 7) is 2.89. The summed E-state index contributed by atoms with van der Waals surface area (Å²) in [5.74, 6) is -0.900. The quantitative estimate of drug-likeness (QED) is 0.640. The molecule has 1 rings (SSSR count). The van der Waals surface area contributed by atoms with Crippen molar-refractivity contribution in [2.24, 2.45) is 0 Å². The number of rotatable bonds is 6. The molecule has 0 bridgehead atoms. The van der Waals surface area contributed by atoms with Crippen molar-refractivity contribution in [3.05, 3.63) is 0 Å². The van der Waals surface area contributed by atoms with Crippen molar-refractivity contribution >= 4 is 21.8 Å². The lowest BCUT2D eigenvalue weighted by molar-refractivity contribution is -0.137. The number of carboxylic acids is 1. The van der Waals surface area contributed by atoms with Crippen molar-refractivity contribution in [2.75, 3.05) is 51.3 Å². The highest BCUT2D eigenvalue weighted by atomic mass is 32.2. The highest BCUT2D eigenvalue weighted by molar-refractivity contribution is 7.90. The Labute approximate surface area is 118 Å². The number of nitrogens with one attached hydrogen (secondary N) is 1. The van der Waals surface area contributed by atoms with Crippen LogP contribution in [-0.4, -0.2) is 86.6 Å². The average Bonchev–Trinajstić information content (AvgIpc) is 2.35. The third-order valence-electron chi connectivity index (χ3n) is 3.05. The van der Waals surface area contributed by atoms with Crippen molar-refractivity contribution in [3.63, 3.8) is 0 Å². The molecule has 8 nitrogen and oxygen atoms in total. The van der Waals surface area contributed by atoms with Gasteiger partial charge in [-0.3, -0.25) is 9.69 Å². The summed E-state index contributed by atoms with van der Waals surface area (Å²) < 4.78 is 21.9. The molecule has 0 aromatic rings. The van der Waals surface area contributed by atoms with E-state index >= 15 is 0 Å². The first kappa shape index (κ1) is 16.7. The Balaban J connectivity index is 2.23. The minimum atomic E-state index is -3.07. The Kier molecular flexibility index (Phi) is 6.21. The number of carboxylic acid groups (broad SMARTS) is 1. The second-order valence-electron chi connectivity index (χ2n) is 4.83. The van der Waals surface area contributed by atoms with Crippen LogP contribution in [0.15, 0.2) is 0 Å². The van der Waals surface area contributed by atoms with Crippen LogP contribution in [0.25, 0.3) is 0 Å². The summed E-state index contributed by atoms with van der Waals surface area (Å²) in [7, 11) is -3.07. The van der Waals surface area contributed by atoms with Crippen molar-refractivity contribution < 1.29 is 23.1 Å². The lowest BCUT2D eigenvalue weighted by atomic mass is 10.3. The first-order valence-electron chi connectivity index (χ1n) is 6.42. The maximum absolute atomic E-state index is 11.8. The van der Waals surface area contributed by atoms with Gasteiger partial charge in [0.15, 0.2) is 0 Å². The van der Waals surface area contributed by atoms with Gasteiger partial charge < -0.3 is 15.3 Å². The second kappa shape index (κ2) is 7.44. The topological polar surface area (TPSA) is 107 Å². The van der Waals surface area contributed by atoms with Gasteiger partial charge in [-0.15, -0.1) is 0 Å². The molecule has 1 fully saturated rings. The van der Waals surface area contributed by atoms with Gasteiger partial charge in [-0.25, -0.2) is 13.2 Å². The van der Waals surface area contributed by atoms with E-state index in [9.17, 15) is 18.0 Å². The standard InChI is InChI=1S/C11H21N3O5S/c1-20(18,19)9-3-12-11(17)14-7-5-13(6-8-14)4-2-10(15)16/h2-9H2,1H3,(H,12,17)(H,15,16). The maximum atomic E-state index is 11.8. The molecule has 1 aliphatic rings. The average molecular weight is 307 g/mol. The van der Waals surface area contributed by atoms with Crippen LogP contribution in [0.2, 0.25) is 0 Å². The van der Waals surface area contributed by atoms with Gasteiger partial charge >= 0.3 is 12.0 Å². The number of amides is 2. The Hall–Kier alpha value is -1.35. The molecule has 0 unspecified atom stereocenters. The van der Waals surface area contributed by atoms with Gasteiger partial charge in [-0.2, -0.15) is 0 Å². The van der Waals surface area contributed by atoms with Gasteiger partial charge in [0, 0.05) is 45.5 Å². The zero-order valence-corrected chi connectivity index (χ0v) is 12.4. The molecule has 20 heavy (non-hydrogen) atoms. The SMILES string of the molecule is CS(=O)(=O)CCNC(=O)N1CCN(CCC(=O)O)CC1. The molecule has 1 saturated heterocycles. The van der Waals surface area contributed by atoms with E-state index < -0.39 is 15.8 Å². The molecule has 116 valence electrons. The minimum Gasteiger partial charge on any atom is -0.481 e. The van der Waals surface area contributed by atoms with E-state index in [0.29, 0.717) is 32.7 Å². The van der Waals surface area contributed by atoms with Crippen LogP contribution in [-0.2, 0) is 14.6 Å². The van der Waals surface area contributed by atoms with Crippen molar-refractivity contribution in [3.8, 4) is 0 Å². The third-order valence-corrected chi connectivity index (χ3v) is 4.00. The fraction of sp³-hybridized carbons (Fsp3) is 0.818. The first-order chi connectivity index (χ1) is 9.28. The molecule has 0 atom stereocenters. The predicted molar refractivity (Wildman–Crippen MR) is 73.4 cm³/mol. The number of carbonyl (C=O) groups is 2. The molecule has 1 aliphatic heterocycles. The number of carbonyl (C=O) groups excluding carboxylic acids is 1. The van der Waals surface area contributed by atoms with E-state index in [2.05, 4.69) is 5.32 Å². The number of hydrogen-bond acceptors (Lipinski definition) is 5. The van der Waals surface area contributed by atoms with Crippen LogP contribution in [0.3, 0.4) is 0 Å². The van der Waals surface area contributed by atoms with Crippen LogP contribution in [0.1, 0.15) is 6.42 Å². The molecule has 2 amide bonds. The molecule has 0 aliphatic carbocycles. The van der Waals surface area contributed by atoms with Gasteiger partial charge in [-0.05, 0) is 0 Å². The predicted octanol–water partition coefficient (Wildman–Crippen LogP) is -1.17. The summed E-state index contributed by atoms with van der Waals surface area (Å²) in [4.78, 5) is 25.8. The summed E-state index contributed by atoms with van der Waals surface area (Å²) in [5.41, 5.74) is 0. The monoisotopic (exact) mass is 307 g/mol. The second-order valence-corrected chi connectivity index (χ2v) is 7.09. The molecule has 0 spiro atoms. The molecule has 0 radical (unpaired) electrons. The molecule has 9 heteroatoms. The highest BCUT2D eigenvalue weighted by Gasteiger charge is 2.21. The van der Waals surface area contributed by atoms with Crippen LogP contribution < -0.4 is 5.32 Å². The van der Waals surface area contributed by atoms with Gasteiger partial charge in [0.1, 0.15) is 9.84 Å². The Morgan fingerprint density at radius 3 is 2.30 bits per heavy atom. The van der Waals surface area contributed by atoms with E-state index in [1.54, 1.807) is 4.90 Å². The molecule has 0 aromatic heterocycles. The number of hydrogen-bond donors (Lipinski definition) is 2. The molecule has 1 heterocycles. The number of sulfone groups is 1. The lowest BCUT2D eigenvalue weighted by Gasteiger charge is -2.34. The molecule has 0 saturated carbocycles. The zero-order chi connectivity index (χ0) is 15.2. The Morgan fingerprint density at radius 1 is 1.20 bits per heavy atom. The van der Waals surface area contributed by atoms with E-state index in [-0.39, 0.29) is 24.7 Å². The number of urea groups is 1. The van der Waals surface area contributed by atoms with Crippen LogP contribution >= 0.6 is 0 Å². The van der Waals surface area contributed by atoms with Crippen LogP contribution in [0.5, 0.6) is 0 Å². The summed E-state index contributed by atoms with van der Waals surface area (Å²) in [6, 6.07) is -0.272. The largest absolute Gasteiger partial charge is 0.481 e. The molecule has 0 aromatic carbocycles. The molecular formula is C11H21N3O5S. The molecular weight excluding hydrogens is 286 g/mol. The van der Waals surface area contributed by atoms with E-state index in [1.165, 1.54) is 0 Å². The van der Waals surface area contributed by atoms with Gasteiger partial charge in [0.05, 0.1) is 12.2 Å². The van der Waals surface area contributed by atoms with E-state index in [4.69, 9.17) is 5.11 Å². The fourth-order valence-corrected chi connectivity index (χ4v) is 2.36. The maximum Gasteiger partial charge on any atom is 0.317 e. The highest BCUT2D eigenvalue weighted by Crippen LogP contribution is 2.02. The Morgan fingerprint density at radius 2 is 1.80 bits per heavy atom. The summed E-state index contributed by atoms with van der Waals surface area (Å²) in [5, 5.41) is 11.2. The van der Waals surface area contributed by atoms with Gasteiger partial charge in [0.25, 0.3) is 0 Å². The van der Waals surface area contributed by atoms with Crippen LogP contribution in [0, 0.1) is 0 Å². The Bertz CT molecular complexity index is 443. The van der Waals surface area contributed by atoms with E-state index in [0.717, 1.165) is 6.26 Å². The normalized spacial score (nSPS) is 16.9. The summed E-state index contributed by atoms with van der Waals surface area (Å²) in [6.07, 6.45) is 1.22. The number of aliphatic carboxylic acids is 1. The summed E-state index contributed by atoms with van der Waals surface area (Å²) >= 11 is 0. The van der Waals surface area contributed by atoms with Gasteiger partial charge in [0.2, 0.25) is 0 Å². The zero-order valence-electron chi connectivity index (χ0n) is 11.5. The smallest absolute Gasteiger partial charge is 0.317 e. The first-order valence-corrected chi connectivity index (χ1v) is 8.48. The van der Waals surface area contributed by atoms with E-state index in [1.807, 2.05) is 4.90 Å². The minimum absolute atomic E-state index is 0.0721.